The van der Waals surface area contributed by atoms with Gasteiger partial charge in [-0.25, -0.2) is 0 Å². The molecule has 13 heavy (non-hydrogen) atoms. The van der Waals surface area contributed by atoms with Gasteiger partial charge in [0.2, 0.25) is 0 Å². The van der Waals surface area contributed by atoms with Gasteiger partial charge in [0.05, 0.1) is 11.8 Å². The van der Waals surface area contributed by atoms with Crippen LogP contribution in [-0.4, -0.2) is 5.78 Å². The Balaban J connectivity index is 2.50. The minimum atomic E-state index is 0.0656. The summed E-state index contributed by atoms with van der Waals surface area (Å²) in [4.78, 5) is 11.4. The first kappa shape index (κ1) is 10.1. The van der Waals surface area contributed by atoms with Gasteiger partial charge >= 0.3 is 0 Å². The molecule has 0 aromatic carbocycles. The lowest BCUT2D eigenvalue weighted by Gasteiger charge is -1.95. The Morgan fingerprint density at radius 1 is 1.69 bits per heavy atom. The molecule has 0 radical (unpaired) electrons. The highest BCUT2D eigenvalue weighted by atomic mass is 79.9. The zero-order chi connectivity index (χ0) is 9.68. The molecule has 0 spiro atoms. The summed E-state index contributed by atoms with van der Waals surface area (Å²) < 4.78 is 5.45. The summed E-state index contributed by atoms with van der Waals surface area (Å²) in [6.07, 6.45) is 8.40. The number of carbonyl (C=O) groups excluding carboxylic acids is 1. The van der Waals surface area contributed by atoms with Crippen molar-refractivity contribution >= 4 is 21.7 Å². The van der Waals surface area contributed by atoms with Gasteiger partial charge in [-0.05, 0) is 28.4 Å². The maximum atomic E-state index is 11.4. The zero-order valence-electron chi connectivity index (χ0n) is 7.05. The van der Waals surface area contributed by atoms with Gasteiger partial charge in [-0.15, -0.1) is 12.3 Å². The molecule has 0 fully saturated rings. The van der Waals surface area contributed by atoms with Crippen LogP contribution in [0.5, 0.6) is 0 Å². The average molecular weight is 241 g/mol. The van der Waals surface area contributed by atoms with E-state index in [1.807, 2.05) is 0 Å². The Hall–Kier alpha value is -1.01. The third kappa shape index (κ3) is 2.74. The van der Waals surface area contributed by atoms with E-state index in [2.05, 4.69) is 21.9 Å². The van der Waals surface area contributed by atoms with Crippen LogP contribution in [0.4, 0.5) is 0 Å². The number of terminal acetylenes is 1. The summed E-state index contributed by atoms with van der Waals surface area (Å²) in [5, 5.41) is 0. The lowest BCUT2D eigenvalue weighted by molar-refractivity contribution is 0.0979. The van der Waals surface area contributed by atoms with Crippen molar-refractivity contribution in [1.29, 1.82) is 0 Å². The van der Waals surface area contributed by atoms with Crippen LogP contribution in [0.1, 0.15) is 29.6 Å². The molecule has 0 aliphatic carbocycles. The van der Waals surface area contributed by atoms with E-state index < -0.39 is 0 Å². The van der Waals surface area contributed by atoms with Gasteiger partial charge < -0.3 is 4.42 Å². The van der Waals surface area contributed by atoms with Gasteiger partial charge in [0.25, 0.3) is 0 Å². The van der Waals surface area contributed by atoms with E-state index in [1.54, 1.807) is 6.07 Å². The van der Waals surface area contributed by atoms with E-state index in [9.17, 15) is 4.79 Å². The van der Waals surface area contributed by atoms with Gasteiger partial charge in [-0.2, -0.15) is 0 Å². The number of furan rings is 1. The number of ketones is 1. The standard InChI is InChI=1S/C10H9BrO2/c1-2-3-4-5-9(12)8-6-7-13-10(8)11/h1,6-7H,3-5H2. The highest BCUT2D eigenvalue weighted by Crippen LogP contribution is 2.19. The SMILES string of the molecule is C#CCCCC(=O)c1ccoc1Br. The summed E-state index contributed by atoms with van der Waals surface area (Å²) in [6.45, 7) is 0. The summed E-state index contributed by atoms with van der Waals surface area (Å²) in [6, 6.07) is 1.66. The molecule has 0 saturated carbocycles. The molecule has 1 heterocycles. The van der Waals surface area contributed by atoms with Gasteiger partial charge in [0, 0.05) is 12.8 Å². The van der Waals surface area contributed by atoms with Crippen molar-refractivity contribution < 1.29 is 9.21 Å². The Morgan fingerprint density at radius 3 is 3.00 bits per heavy atom. The third-order valence-electron chi connectivity index (χ3n) is 1.64. The van der Waals surface area contributed by atoms with Gasteiger partial charge in [0.15, 0.2) is 10.5 Å². The first-order valence-corrected chi connectivity index (χ1v) is 4.74. The van der Waals surface area contributed by atoms with Crippen LogP contribution in [-0.2, 0) is 0 Å². The number of Topliss-reactive ketones (excluding diaryl/α,β-unsaturated/α-hetero) is 1. The molecule has 68 valence electrons. The number of hydrogen-bond donors (Lipinski definition) is 0. The minimum Gasteiger partial charge on any atom is -0.457 e. The number of unbranched alkanes of at least 4 members (excludes halogenated alkanes) is 1. The number of carbonyl (C=O) groups is 1. The van der Waals surface area contributed by atoms with Crippen LogP contribution < -0.4 is 0 Å². The first-order chi connectivity index (χ1) is 6.25. The quantitative estimate of drug-likeness (QED) is 0.460. The molecule has 0 unspecified atom stereocenters. The number of hydrogen-bond acceptors (Lipinski definition) is 2. The summed E-state index contributed by atoms with van der Waals surface area (Å²) in [5.74, 6) is 2.56. The predicted molar refractivity (Wildman–Crippen MR) is 53.4 cm³/mol. The number of rotatable bonds is 4. The topological polar surface area (TPSA) is 30.2 Å². The molecule has 1 aromatic heterocycles. The molecule has 0 atom stereocenters. The van der Waals surface area contributed by atoms with E-state index in [-0.39, 0.29) is 5.78 Å². The van der Waals surface area contributed by atoms with Crippen molar-refractivity contribution in [3.63, 3.8) is 0 Å². The lowest BCUT2D eigenvalue weighted by atomic mass is 10.1. The molecular weight excluding hydrogens is 232 g/mol. The van der Waals surface area contributed by atoms with Crippen molar-refractivity contribution in [3.05, 3.63) is 22.6 Å². The van der Waals surface area contributed by atoms with Crippen LogP contribution in [0.3, 0.4) is 0 Å². The third-order valence-corrected chi connectivity index (χ3v) is 2.26. The van der Waals surface area contributed by atoms with Gasteiger partial charge in [-0.3, -0.25) is 4.79 Å². The van der Waals surface area contributed by atoms with Crippen molar-refractivity contribution in [2.45, 2.75) is 19.3 Å². The first-order valence-electron chi connectivity index (χ1n) is 3.95. The van der Waals surface area contributed by atoms with Crippen molar-refractivity contribution in [2.75, 3.05) is 0 Å². The van der Waals surface area contributed by atoms with E-state index in [0.29, 0.717) is 23.1 Å². The Morgan fingerprint density at radius 2 is 2.46 bits per heavy atom. The minimum absolute atomic E-state index is 0.0656. The number of halogens is 1. The molecule has 2 nitrogen and oxygen atoms in total. The second-order valence-electron chi connectivity index (χ2n) is 2.59. The Kier molecular flexibility index (Phi) is 3.78. The molecular formula is C10H9BrO2. The van der Waals surface area contributed by atoms with Crippen molar-refractivity contribution in [1.82, 2.24) is 0 Å². The Bertz CT molecular complexity index is 333. The van der Waals surface area contributed by atoms with E-state index >= 15 is 0 Å². The van der Waals surface area contributed by atoms with Crippen LogP contribution >= 0.6 is 15.9 Å². The van der Waals surface area contributed by atoms with E-state index in [1.165, 1.54) is 6.26 Å². The fraction of sp³-hybridized carbons (Fsp3) is 0.300. The summed E-state index contributed by atoms with van der Waals surface area (Å²) in [7, 11) is 0. The van der Waals surface area contributed by atoms with Crippen LogP contribution in [0.15, 0.2) is 21.4 Å². The highest BCUT2D eigenvalue weighted by Gasteiger charge is 2.11. The highest BCUT2D eigenvalue weighted by molar-refractivity contribution is 9.10. The smallest absolute Gasteiger partial charge is 0.179 e. The van der Waals surface area contributed by atoms with Crippen LogP contribution in [0.2, 0.25) is 0 Å². The molecule has 3 heteroatoms. The second-order valence-corrected chi connectivity index (χ2v) is 3.31. The molecule has 0 bridgehead atoms. The van der Waals surface area contributed by atoms with Crippen LogP contribution in [0.25, 0.3) is 0 Å². The van der Waals surface area contributed by atoms with Crippen molar-refractivity contribution in [2.24, 2.45) is 0 Å². The predicted octanol–water partition coefficient (Wildman–Crippen LogP) is 3.03. The molecule has 0 aliphatic rings. The van der Waals surface area contributed by atoms with Gasteiger partial charge in [-0.1, -0.05) is 0 Å². The van der Waals surface area contributed by atoms with Crippen LogP contribution in [0, 0.1) is 12.3 Å². The normalized spacial score (nSPS) is 9.54. The van der Waals surface area contributed by atoms with Crippen molar-refractivity contribution in [3.8, 4) is 12.3 Å². The molecule has 0 aliphatic heterocycles. The summed E-state index contributed by atoms with van der Waals surface area (Å²) >= 11 is 3.15. The average Bonchev–Trinajstić information content (AvgIpc) is 2.52. The van der Waals surface area contributed by atoms with E-state index in [4.69, 9.17) is 10.8 Å². The Labute approximate surface area is 85.4 Å². The molecule has 1 rings (SSSR count). The van der Waals surface area contributed by atoms with E-state index in [0.717, 1.165) is 6.42 Å². The monoisotopic (exact) mass is 240 g/mol. The fourth-order valence-corrected chi connectivity index (χ4v) is 1.44. The fourth-order valence-electron chi connectivity index (χ4n) is 0.979. The molecule has 0 amide bonds. The molecule has 0 N–H and O–H groups in total. The summed E-state index contributed by atoms with van der Waals surface area (Å²) in [5.41, 5.74) is 0.594. The second kappa shape index (κ2) is 4.88. The molecule has 1 aromatic rings. The van der Waals surface area contributed by atoms with Gasteiger partial charge in [0.1, 0.15) is 0 Å². The maximum Gasteiger partial charge on any atom is 0.179 e. The maximum absolute atomic E-state index is 11.4. The molecule has 0 saturated heterocycles. The zero-order valence-corrected chi connectivity index (χ0v) is 8.63. The lowest BCUT2D eigenvalue weighted by Crippen LogP contribution is -1.97. The largest absolute Gasteiger partial charge is 0.457 e.